The van der Waals surface area contributed by atoms with Crippen LogP contribution in [-0.2, 0) is 6.42 Å². The molecule has 1 aromatic heterocycles. The van der Waals surface area contributed by atoms with E-state index in [1.807, 2.05) is 12.1 Å². The van der Waals surface area contributed by atoms with E-state index in [4.69, 9.17) is 0 Å². The Morgan fingerprint density at radius 3 is 2.78 bits per heavy atom. The molecule has 1 heterocycles. The maximum absolute atomic E-state index is 4.04. The normalized spacial score (nSPS) is 8.11. The monoisotopic (exact) mass is 373 g/mol. The second-order valence-electron chi connectivity index (χ2n) is 1.60. The fourth-order valence-corrected chi connectivity index (χ4v) is 0.560. The molecule has 1 aromatic rings. The predicted molar refractivity (Wildman–Crippen MR) is 32.5 cm³/mol. The first-order valence-corrected chi connectivity index (χ1v) is 2.74. The van der Waals surface area contributed by atoms with Gasteiger partial charge in [-0.05, 0) is 12.1 Å². The summed E-state index contributed by atoms with van der Waals surface area (Å²) in [5.41, 5.74) is 1.13. The molecule has 1 rings (SSSR count). The molecule has 0 aliphatic rings. The molecule has 0 N–H and O–H groups in total. The van der Waals surface area contributed by atoms with Crippen molar-refractivity contribution >= 4 is 0 Å². The average molecular weight is 373 g/mol. The minimum absolute atomic E-state index is 0. The Bertz CT molecular complexity index is 150. The molecule has 0 saturated heterocycles. The molecule has 44 valence electrons. The van der Waals surface area contributed by atoms with Crippen molar-refractivity contribution < 1.29 is 0 Å². The number of aromatic nitrogens is 1. The van der Waals surface area contributed by atoms with E-state index in [1.54, 1.807) is 6.20 Å². The van der Waals surface area contributed by atoms with Gasteiger partial charge < -0.3 is 4.98 Å². The molecule has 0 amide bonds. The van der Waals surface area contributed by atoms with Crippen molar-refractivity contribution in [3.63, 3.8) is 0 Å². The van der Waals surface area contributed by atoms with Gasteiger partial charge in [0.15, 0.2) is 0 Å². The summed E-state index contributed by atoms with van der Waals surface area (Å²) in [6.07, 6.45) is 2.70. The maximum Gasteiger partial charge on any atom is 0 e. The van der Waals surface area contributed by atoms with Crippen LogP contribution in [0, 0.1) is 6.07 Å². The van der Waals surface area contributed by atoms with Crippen molar-refractivity contribution in [2.75, 3.05) is 0 Å². The van der Waals surface area contributed by atoms with Gasteiger partial charge in [-0.3, -0.25) is 0 Å². The van der Waals surface area contributed by atoms with E-state index < -0.39 is 0 Å². The number of pyridine rings is 1. The van der Waals surface area contributed by atoms with Crippen LogP contribution in [-0.4, -0.2) is 4.98 Å². The number of hydrogen-bond acceptors (Lipinski definition) is 1. The van der Waals surface area contributed by atoms with Crippen LogP contribution in [0.1, 0.15) is 12.6 Å². The molecule has 1 nitrogen and oxygen atoms in total. The van der Waals surface area contributed by atoms with Gasteiger partial charge >= 0.3 is 0 Å². The largest absolute Gasteiger partial charge is 0.301 e. The van der Waals surface area contributed by atoms with Gasteiger partial charge in [0.1, 0.15) is 0 Å². The SMILES string of the molecule is CCc1cc[c-]cn1.[Rf]. The maximum atomic E-state index is 4.04. The van der Waals surface area contributed by atoms with Crippen LogP contribution in [0.3, 0.4) is 0 Å². The molecule has 0 spiro atoms. The third kappa shape index (κ3) is 1.59. The van der Waals surface area contributed by atoms with Gasteiger partial charge in [-0.15, -0.1) is 0 Å². The van der Waals surface area contributed by atoms with Crippen molar-refractivity contribution in [2.24, 2.45) is 0 Å². The smallest absolute Gasteiger partial charge is 0 e. The summed E-state index contributed by atoms with van der Waals surface area (Å²) in [7, 11) is 0. The van der Waals surface area contributed by atoms with Crippen LogP contribution < -0.4 is 0 Å². The van der Waals surface area contributed by atoms with Gasteiger partial charge in [-0.1, -0.05) is 13.1 Å². The zero-order chi connectivity index (χ0) is 5.82. The van der Waals surface area contributed by atoms with Crippen LogP contribution >= 0.6 is 0 Å². The van der Waals surface area contributed by atoms with Gasteiger partial charge in [0.25, 0.3) is 0 Å². The van der Waals surface area contributed by atoms with Gasteiger partial charge in [0.05, 0.1) is 0 Å². The minimum atomic E-state index is 0. The number of aryl methyl sites for hydroxylation is 1. The summed E-state index contributed by atoms with van der Waals surface area (Å²) in [5.74, 6) is 0. The molecular formula is C7H8NRf-. The topological polar surface area (TPSA) is 12.9 Å². The standard InChI is InChI=1S/C7H8N.Rf/c1-2-7-5-3-4-6-8-7;/h3,5-6H,2H2,1H3;/q-1;. The van der Waals surface area contributed by atoms with Crippen LogP contribution in [0.4, 0.5) is 0 Å². The minimum Gasteiger partial charge on any atom is -0.301 e. The van der Waals surface area contributed by atoms with E-state index >= 15 is 0 Å². The Labute approximate surface area is 49.4 Å². The Kier molecular flexibility index (Phi) is 2.53. The molecule has 0 aliphatic heterocycles. The number of hydrogen-bond donors (Lipinski definition) is 0. The molecule has 0 saturated carbocycles. The summed E-state index contributed by atoms with van der Waals surface area (Å²) in [6.45, 7) is 2.09. The first-order chi connectivity index (χ1) is 3.93. The Morgan fingerprint density at radius 1 is 1.67 bits per heavy atom. The zero-order valence-electron chi connectivity index (χ0n) is 5.59. The van der Waals surface area contributed by atoms with Crippen LogP contribution in [0.2, 0.25) is 0 Å². The summed E-state index contributed by atoms with van der Waals surface area (Å²) in [5, 5.41) is 0. The quantitative estimate of drug-likeness (QED) is 0.680. The third-order valence-corrected chi connectivity index (χ3v) is 1.04. The Balaban J connectivity index is 0.000000640. The van der Waals surface area contributed by atoms with Crippen molar-refractivity contribution in [1.82, 2.24) is 4.98 Å². The van der Waals surface area contributed by atoms with Crippen molar-refractivity contribution in [3.8, 4) is 0 Å². The van der Waals surface area contributed by atoms with Gasteiger partial charge in [-0.2, -0.15) is 6.07 Å². The van der Waals surface area contributed by atoms with Gasteiger partial charge in [0.2, 0.25) is 0 Å². The molecular weight excluding hydrogens is 365 g/mol. The molecule has 2 heteroatoms. The summed E-state index contributed by atoms with van der Waals surface area (Å²) in [4.78, 5) is 4.04. The zero-order valence-corrected chi connectivity index (χ0v) is 12.0. The van der Waals surface area contributed by atoms with E-state index in [9.17, 15) is 0 Å². The van der Waals surface area contributed by atoms with Crippen LogP contribution in [0.5, 0.6) is 0 Å². The first-order valence-electron chi connectivity index (χ1n) is 2.74. The average Bonchev–Trinajstić information content (AvgIpc) is 1.90. The summed E-state index contributed by atoms with van der Waals surface area (Å²) >= 11 is 0. The van der Waals surface area contributed by atoms with Crippen LogP contribution in [0.15, 0.2) is 18.3 Å². The van der Waals surface area contributed by atoms with E-state index in [2.05, 4.69) is 18.0 Å². The summed E-state index contributed by atoms with van der Waals surface area (Å²) in [6, 6.07) is 6.71. The second kappa shape index (κ2) is 3.19. The molecule has 0 bridgehead atoms. The molecule has 0 atom stereocenters. The fraction of sp³-hybridized carbons (Fsp3) is 0.286. The van der Waals surface area contributed by atoms with Gasteiger partial charge in [0, 0.05) is 0 Å². The molecule has 0 unspecified atom stereocenters. The van der Waals surface area contributed by atoms with Crippen molar-refractivity contribution in [1.29, 1.82) is 0 Å². The van der Waals surface area contributed by atoms with E-state index in [0.717, 1.165) is 12.1 Å². The predicted octanol–water partition coefficient (Wildman–Crippen LogP) is 1.44. The molecule has 9 heavy (non-hydrogen) atoms. The first kappa shape index (κ1) is 7.15. The molecule has 0 fully saturated rings. The fourth-order valence-electron chi connectivity index (χ4n) is 0.560. The van der Waals surface area contributed by atoms with Crippen molar-refractivity contribution in [2.45, 2.75) is 13.3 Å². The Morgan fingerprint density at radius 2 is 2.44 bits per heavy atom. The van der Waals surface area contributed by atoms with E-state index in [-0.39, 0.29) is 0 Å². The number of nitrogens with zero attached hydrogens (tertiary/aromatic N) is 1. The summed E-state index contributed by atoms with van der Waals surface area (Å²) < 4.78 is 0. The van der Waals surface area contributed by atoms with Crippen LogP contribution in [0.25, 0.3) is 0 Å². The van der Waals surface area contributed by atoms with Crippen molar-refractivity contribution in [3.05, 3.63) is 30.1 Å². The van der Waals surface area contributed by atoms with E-state index in [1.165, 1.54) is 0 Å². The third-order valence-electron chi connectivity index (χ3n) is 1.04. The molecule has 0 aliphatic carbocycles. The molecule has 0 aromatic carbocycles. The Hall–Kier alpha value is -1.85. The second-order valence-corrected chi connectivity index (χ2v) is 1.60. The van der Waals surface area contributed by atoms with E-state index in [0.29, 0.717) is 0 Å². The van der Waals surface area contributed by atoms with Gasteiger partial charge in [-0.25, -0.2) is 12.1 Å². The number of rotatable bonds is 1. The molecule has 0 radical (unpaired) electrons.